The van der Waals surface area contributed by atoms with Crippen LogP contribution in [0.2, 0.25) is 0 Å². The molecule has 0 radical (unpaired) electrons. The van der Waals surface area contributed by atoms with Gasteiger partial charge in [0.1, 0.15) is 10.7 Å². The minimum absolute atomic E-state index is 0.357. The molecule has 0 aromatic carbocycles. The van der Waals surface area contributed by atoms with Crippen LogP contribution in [0.25, 0.3) is 11.3 Å². The first-order valence-corrected chi connectivity index (χ1v) is 8.40. The number of thiazole rings is 1. The van der Waals surface area contributed by atoms with Gasteiger partial charge in [0.15, 0.2) is 0 Å². The zero-order valence-electron chi connectivity index (χ0n) is 12.5. The number of fused-ring (bicyclic) bond motifs is 1. The summed E-state index contributed by atoms with van der Waals surface area (Å²) in [6.07, 6.45) is 5.16. The van der Waals surface area contributed by atoms with Gasteiger partial charge in [-0.2, -0.15) is 0 Å². The van der Waals surface area contributed by atoms with E-state index in [2.05, 4.69) is 20.6 Å². The van der Waals surface area contributed by atoms with E-state index in [1.807, 2.05) is 22.3 Å². The van der Waals surface area contributed by atoms with Gasteiger partial charge in [0, 0.05) is 42.7 Å². The maximum absolute atomic E-state index is 5.83. The van der Waals surface area contributed by atoms with Gasteiger partial charge in [0.05, 0.1) is 31.4 Å². The molecule has 4 heterocycles. The van der Waals surface area contributed by atoms with E-state index in [1.54, 1.807) is 23.9 Å². The Bertz CT molecular complexity index is 738. The van der Waals surface area contributed by atoms with Gasteiger partial charge in [-0.3, -0.25) is 0 Å². The number of hydrogen-bond acceptors (Lipinski definition) is 7. The van der Waals surface area contributed by atoms with Crippen LogP contribution >= 0.6 is 11.3 Å². The molecule has 8 heteroatoms. The minimum Gasteiger partial charge on any atom is -0.472 e. The van der Waals surface area contributed by atoms with Crippen molar-refractivity contribution < 1.29 is 9.15 Å². The first-order valence-electron chi connectivity index (χ1n) is 7.52. The van der Waals surface area contributed by atoms with E-state index in [0.717, 1.165) is 41.6 Å². The van der Waals surface area contributed by atoms with Crippen molar-refractivity contribution in [3.05, 3.63) is 40.9 Å². The summed E-state index contributed by atoms with van der Waals surface area (Å²) in [7, 11) is 0. The normalized spacial score (nSPS) is 17.8. The molecule has 0 spiro atoms. The molecule has 1 aliphatic heterocycles. The molecule has 1 aliphatic rings. The van der Waals surface area contributed by atoms with Crippen LogP contribution in [0.3, 0.4) is 0 Å². The van der Waals surface area contributed by atoms with Gasteiger partial charge in [0.2, 0.25) is 0 Å². The van der Waals surface area contributed by atoms with Crippen molar-refractivity contribution in [2.75, 3.05) is 13.2 Å². The smallest absolute Gasteiger partial charge is 0.121 e. The largest absolute Gasteiger partial charge is 0.472 e. The van der Waals surface area contributed by atoms with Crippen LogP contribution in [0.1, 0.15) is 10.7 Å². The molecule has 0 fully saturated rings. The molecule has 120 valence electrons. The summed E-state index contributed by atoms with van der Waals surface area (Å²) in [5.41, 5.74) is 2.79. The number of nitrogens with zero attached hydrogens (tertiary/aromatic N) is 4. The van der Waals surface area contributed by atoms with Crippen LogP contribution in [0.15, 0.2) is 34.6 Å². The molecule has 0 amide bonds. The summed E-state index contributed by atoms with van der Waals surface area (Å²) in [5, 5.41) is 15.1. The van der Waals surface area contributed by atoms with Crippen LogP contribution < -0.4 is 5.32 Å². The monoisotopic (exact) mass is 331 g/mol. The Kier molecular flexibility index (Phi) is 4.18. The second-order valence-electron chi connectivity index (χ2n) is 5.52. The molecule has 4 rings (SSSR count). The van der Waals surface area contributed by atoms with E-state index in [9.17, 15) is 0 Å². The van der Waals surface area contributed by atoms with Crippen LogP contribution in [-0.2, 0) is 24.4 Å². The van der Waals surface area contributed by atoms with Gasteiger partial charge in [0.25, 0.3) is 0 Å². The predicted octanol–water partition coefficient (Wildman–Crippen LogP) is 1.93. The van der Waals surface area contributed by atoms with Crippen molar-refractivity contribution in [2.24, 2.45) is 5.92 Å². The molecule has 0 unspecified atom stereocenters. The molecule has 0 aliphatic carbocycles. The summed E-state index contributed by atoms with van der Waals surface area (Å²) in [6.45, 7) is 3.68. The van der Waals surface area contributed by atoms with E-state index in [0.29, 0.717) is 19.1 Å². The molecule has 3 aromatic rings. The summed E-state index contributed by atoms with van der Waals surface area (Å²) in [4.78, 5) is 4.27. The zero-order valence-corrected chi connectivity index (χ0v) is 13.3. The highest BCUT2D eigenvalue weighted by molar-refractivity contribution is 7.09. The third-order valence-corrected chi connectivity index (χ3v) is 4.63. The van der Waals surface area contributed by atoms with Gasteiger partial charge in [-0.15, -0.1) is 16.4 Å². The lowest BCUT2D eigenvalue weighted by atomic mass is 10.1. The van der Waals surface area contributed by atoms with Crippen LogP contribution in [0, 0.1) is 5.92 Å². The summed E-state index contributed by atoms with van der Waals surface area (Å²) < 4.78 is 12.9. The second kappa shape index (κ2) is 6.61. The highest BCUT2D eigenvalue weighted by Crippen LogP contribution is 2.24. The molecule has 0 saturated carbocycles. The lowest BCUT2D eigenvalue weighted by Crippen LogP contribution is -2.28. The van der Waals surface area contributed by atoms with E-state index < -0.39 is 0 Å². The van der Waals surface area contributed by atoms with Crippen LogP contribution in [-0.4, -0.2) is 33.1 Å². The number of aromatic nitrogens is 4. The number of nitrogens with one attached hydrogen (secondary N) is 1. The van der Waals surface area contributed by atoms with Crippen molar-refractivity contribution in [1.82, 2.24) is 25.3 Å². The Morgan fingerprint density at radius 3 is 3.26 bits per heavy atom. The van der Waals surface area contributed by atoms with Crippen molar-refractivity contribution in [2.45, 2.75) is 19.7 Å². The summed E-state index contributed by atoms with van der Waals surface area (Å²) in [6, 6.07) is 1.89. The van der Waals surface area contributed by atoms with Crippen LogP contribution in [0.4, 0.5) is 0 Å². The Hall–Kier alpha value is -2.03. The molecule has 0 bridgehead atoms. The molecule has 3 aromatic heterocycles. The van der Waals surface area contributed by atoms with Crippen molar-refractivity contribution in [3.8, 4) is 11.3 Å². The van der Waals surface area contributed by atoms with Crippen molar-refractivity contribution >= 4 is 11.3 Å². The first-order chi connectivity index (χ1) is 11.4. The minimum atomic E-state index is 0.357. The first kappa shape index (κ1) is 14.6. The lowest BCUT2D eigenvalue weighted by molar-refractivity contribution is 0.0941. The van der Waals surface area contributed by atoms with E-state index >= 15 is 0 Å². The average molecular weight is 331 g/mol. The van der Waals surface area contributed by atoms with Gasteiger partial charge >= 0.3 is 0 Å². The molecule has 23 heavy (non-hydrogen) atoms. The quantitative estimate of drug-likeness (QED) is 0.770. The molecule has 7 nitrogen and oxygen atoms in total. The third kappa shape index (κ3) is 3.19. The zero-order chi connectivity index (χ0) is 15.5. The van der Waals surface area contributed by atoms with E-state index in [-0.39, 0.29) is 0 Å². The van der Waals surface area contributed by atoms with Crippen molar-refractivity contribution in [1.29, 1.82) is 0 Å². The Labute approximate surface area is 137 Å². The maximum atomic E-state index is 5.83. The number of hydrogen-bond donors (Lipinski definition) is 1. The standard InChI is InChI=1S/C15H17N5O2S/c1-3-21-9-12(1)15-13-10-22-8-11(7-20(13)19-18-15)5-16-6-14-17-2-4-23-14/h1-4,9,11,16H,5-8,10H2/t11-/m0/s1. The number of rotatable bonds is 5. The molecular formula is C15H17N5O2S. The van der Waals surface area contributed by atoms with Crippen LogP contribution in [0.5, 0.6) is 0 Å². The van der Waals surface area contributed by atoms with Gasteiger partial charge in [-0.05, 0) is 6.07 Å². The molecule has 1 N–H and O–H groups in total. The topological polar surface area (TPSA) is 78.0 Å². The van der Waals surface area contributed by atoms with Gasteiger partial charge in [-0.1, -0.05) is 5.21 Å². The fourth-order valence-corrected chi connectivity index (χ4v) is 3.30. The lowest BCUT2D eigenvalue weighted by Gasteiger charge is -2.14. The number of ether oxygens (including phenoxy) is 1. The van der Waals surface area contributed by atoms with Gasteiger partial charge in [-0.25, -0.2) is 9.67 Å². The predicted molar refractivity (Wildman–Crippen MR) is 84.7 cm³/mol. The highest BCUT2D eigenvalue weighted by atomic mass is 32.1. The van der Waals surface area contributed by atoms with Gasteiger partial charge < -0.3 is 14.5 Å². The molecular weight excluding hydrogens is 314 g/mol. The average Bonchev–Trinajstić information content (AvgIpc) is 3.28. The second-order valence-corrected chi connectivity index (χ2v) is 6.50. The number of furan rings is 1. The molecule has 0 saturated heterocycles. The summed E-state index contributed by atoms with van der Waals surface area (Å²) >= 11 is 1.66. The van der Waals surface area contributed by atoms with Crippen molar-refractivity contribution in [3.63, 3.8) is 0 Å². The summed E-state index contributed by atoms with van der Waals surface area (Å²) in [5.74, 6) is 0.357. The van der Waals surface area contributed by atoms with E-state index in [4.69, 9.17) is 9.15 Å². The van der Waals surface area contributed by atoms with E-state index in [1.165, 1.54) is 0 Å². The highest BCUT2D eigenvalue weighted by Gasteiger charge is 2.22. The Morgan fingerprint density at radius 1 is 1.43 bits per heavy atom. The SMILES string of the molecule is c1csc(CNC[C@@H]2COCc3c(-c4ccoc4)nnn3C2)n1. The Balaban J connectivity index is 1.41. The third-order valence-electron chi connectivity index (χ3n) is 3.85. The maximum Gasteiger partial charge on any atom is 0.121 e. The fourth-order valence-electron chi connectivity index (χ4n) is 2.71. The molecule has 1 atom stereocenters. The fraction of sp³-hybridized carbons (Fsp3) is 0.400. The Morgan fingerprint density at radius 2 is 2.43 bits per heavy atom.